The maximum absolute atomic E-state index is 15.2. The van der Waals surface area contributed by atoms with Crippen LogP contribution < -0.4 is 10.6 Å². The molecule has 2 unspecified atom stereocenters. The van der Waals surface area contributed by atoms with Crippen molar-refractivity contribution < 1.29 is 27.6 Å². The summed E-state index contributed by atoms with van der Waals surface area (Å²) in [6.07, 6.45) is -1.04. The van der Waals surface area contributed by atoms with E-state index in [-0.39, 0.29) is 46.7 Å². The monoisotopic (exact) mass is 476 g/mol. The van der Waals surface area contributed by atoms with Gasteiger partial charge < -0.3 is 19.9 Å². The molecular weight excluding hydrogens is 458 g/mol. The zero-order chi connectivity index (χ0) is 23.9. The lowest BCUT2D eigenvalue weighted by Gasteiger charge is -2.36. The second-order valence-electron chi connectivity index (χ2n) is 7.46. The molecule has 0 saturated carbocycles. The van der Waals surface area contributed by atoms with Crippen LogP contribution in [0.2, 0.25) is 5.02 Å². The van der Waals surface area contributed by atoms with E-state index >= 15 is 4.39 Å². The Kier molecular flexibility index (Phi) is 6.13. The number of ether oxygens (including phenoxy) is 1. The van der Waals surface area contributed by atoms with Crippen molar-refractivity contribution in [2.24, 2.45) is 11.7 Å². The Morgan fingerprint density at radius 2 is 2.00 bits per heavy atom. The maximum Gasteiger partial charge on any atom is 0.247 e. The normalized spacial score (nSPS) is 17.5. The number of amides is 2. The Balaban J connectivity index is 1.73. The van der Waals surface area contributed by atoms with Gasteiger partial charge in [0.2, 0.25) is 23.5 Å². The molecule has 11 heteroatoms. The van der Waals surface area contributed by atoms with Crippen molar-refractivity contribution in [1.29, 1.82) is 0 Å². The van der Waals surface area contributed by atoms with Crippen LogP contribution in [-0.4, -0.2) is 41.2 Å². The molecule has 1 fully saturated rings. The van der Waals surface area contributed by atoms with Gasteiger partial charge in [-0.3, -0.25) is 9.59 Å². The summed E-state index contributed by atoms with van der Waals surface area (Å²) >= 11 is 6.05. The summed E-state index contributed by atoms with van der Waals surface area (Å²) < 4.78 is 40.0. The number of nitrogens with two attached hydrogens (primary N) is 1. The Hall–Kier alpha value is -3.37. The van der Waals surface area contributed by atoms with Crippen molar-refractivity contribution in [3.63, 3.8) is 0 Å². The van der Waals surface area contributed by atoms with E-state index in [2.05, 4.69) is 10.1 Å². The Morgan fingerprint density at radius 3 is 2.55 bits per heavy atom. The highest BCUT2D eigenvalue weighted by Crippen LogP contribution is 2.37. The molecule has 8 nitrogen and oxygen atoms in total. The Morgan fingerprint density at radius 1 is 1.24 bits per heavy atom. The minimum absolute atomic E-state index is 0.000765. The van der Waals surface area contributed by atoms with Crippen molar-refractivity contribution in [2.45, 2.75) is 20.0 Å². The largest absolute Gasteiger partial charge is 0.367 e. The van der Waals surface area contributed by atoms with Gasteiger partial charge in [0, 0.05) is 18.5 Å². The number of anilines is 1. The molecule has 172 valence electrons. The van der Waals surface area contributed by atoms with Crippen LogP contribution in [0.5, 0.6) is 0 Å². The molecule has 0 spiro atoms. The summed E-state index contributed by atoms with van der Waals surface area (Å²) in [5.74, 6) is -3.21. The van der Waals surface area contributed by atoms with Crippen LogP contribution in [-0.2, 0) is 14.3 Å². The van der Waals surface area contributed by atoms with E-state index in [0.717, 1.165) is 12.1 Å². The molecule has 2 N–H and O–H groups in total. The quantitative estimate of drug-likeness (QED) is 0.583. The topological polar surface area (TPSA) is 112 Å². The average Bonchev–Trinajstić information content (AvgIpc) is 3.13. The van der Waals surface area contributed by atoms with Gasteiger partial charge >= 0.3 is 0 Å². The third kappa shape index (κ3) is 4.19. The number of benzene rings is 2. The predicted molar refractivity (Wildman–Crippen MR) is 115 cm³/mol. The first-order chi connectivity index (χ1) is 15.7. The molecule has 0 bridgehead atoms. The number of hydrogen-bond acceptors (Lipinski definition) is 6. The molecule has 4 rings (SSSR count). The lowest BCUT2D eigenvalue weighted by molar-refractivity contribution is -0.166. The van der Waals surface area contributed by atoms with E-state index in [0.29, 0.717) is 5.56 Å². The molecule has 1 aliphatic rings. The van der Waals surface area contributed by atoms with Crippen LogP contribution >= 0.6 is 11.6 Å². The number of aromatic nitrogens is 2. The zero-order valence-electron chi connectivity index (χ0n) is 17.6. The molecule has 2 heterocycles. The van der Waals surface area contributed by atoms with Crippen LogP contribution in [0.1, 0.15) is 12.8 Å². The first-order valence-corrected chi connectivity index (χ1v) is 10.4. The van der Waals surface area contributed by atoms with Crippen LogP contribution in [0.15, 0.2) is 34.9 Å². The van der Waals surface area contributed by atoms with Gasteiger partial charge in [0.15, 0.2) is 0 Å². The average molecular weight is 477 g/mol. The first-order valence-electron chi connectivity index (χ1n) is 10.0. The lowest BCUT2D eigenvalue weighted by Crippen LogP contribution is -2.56. The van der Waals surface area contributed by atoms with E-state index in [9.17, 15) is 14.0 Å². The summed E-state index contributed by atoms with van der Waals surface area (Å²) in [6.45, 7) is 3.41. The number of hydrogen-bond donors (Lipinski definition) is 1. The molecule has 0 radical (unpaired) electrons. The van der Waals surface area contributed by atoms with Gasteiger partial charge in [-0.2, -0.15) is 4.98 Å². The minimum Gasteiger partial charge on any atom is -0.367 e. The fourth-order valence-corrected chi connectivity index (χ4v) is 3.94. The highest BCUT2D eigenvalue weighted by molar-refractivity contribution is 6.31. The predicted octanol–water partition coefficient (Wildman–Crippen LogP) is 3.50. The van der Waals surface area contributed by atoms with Gasteiger partial charge in [-0.15, -0.1) is 0 Å². The number of aryl methyl sites for hydroxylation is 1. The van der Waals surface area contributed by atoms with E-state index in [4.69, 9.17) is 26.6 Å². The zero-order valence-corrected chi connectivity index (χ0v) is 18.4. The number of primary amides is 1. The summed E-state index contributed by atoms with van der Waals surface area (Å²) in [4.78, 5) is 29.6. The molecule has 2 atom stereocenters. The summed E-state index contributed by atoms with van der Waals surface area (Å²) in [7, 11) is 0. The van der Waals surface area contributed by atoms with Crippen molar-refractivity contribution in [3.05, 3.63) is 52.9 Å². The summed E-state index contributed by atoms with van der Waals surface area (Å²) in [5, 5.41) is 3.86. The summed E-state index contributed by atoms with van der Waals surface area (Å²) in [6, 6.07) is 6.65. The number of nitrogens with zero attached hydrogens (tertiary/aromatic N) is 3. The maximum atomic E-state index is 15.2. The van der Waals surface area contributed by atoms with Gasteiger partial charge in [-0.1, -0.05) is 22.8 Å². The molecule has 2 amide bonds. The van der Waals surface area contributed by atoms with Gasteiger partial charge in [0.1, 0.15) is 17.7 Å². The van der Waals surface area contributed by atoms with Gasteiger partial charge in [0.05, 0.1) is 23.8 Å². The van der Waals surface area contributed by atoms with Crippen LogP contribution in [0, 0.1) is 24.5 Å². The third-order valence-electron chi connectivity index (χ3n) is 5.36. The van der Waals surface area contributed by atoms with Crippen molar-refractivity contribution >= 4 is 29.1 Å². The highest BCUT2D eigenvalue weighted by atomic mass is 35.5. The molecule has 2 aromatic carbocycles. The van der Waals surface area contributed by atoms with E-state index in [1.54, 1.807) is 13.8 Å². The smallest absolute Gasteiger partial charge is 0.247 e. The van der Waals surface area contributed by atoms with Crippen molar-refractivity contribution in [3.8, 4) is 22.5 Å². The fraction of sp³-hybridized carbons (Fsp3) is 0.273. The van der Waals surface area contributed by atoms with Gasteiger partial charge in [0.25, 0.3) is 0 Å². The second-order valence-corrected chi connectivity index (χ2v) is 7.90. The van der Waals surface area contributed by atoms with Crippen LogP contribution in [0.4, 0.5) is 14.5 Å². The molecular formula is C22H19ClF2N4O4. The van der Waals surface area contributed by atoms with Crippen molar-refractivity contribution in [1.82, 2.24) is 10.1 Å². The number of halogens is 3. The summed E-state index contributed by atoms with van der Waals surface area (Å²) in [5.41, 5.74) is 5.79. The molecule has 1 aliphatic heterocycles. The first kappa shape index (κ1) is 22.8. The molecule has 3 aromatic rings. The van der Waals surface area contributed by atoms with E-state index < -0.39 is 35.5 Å². The van der Waals surface area contributed by atoms with E-state index in [1.807, 2.05) is 0 Å². The number of carbonyl (C=O) groups excluding carboxylic acids is 2. The van der Waals surface area contributed by atoms with Crippen molar-refractivity contribution in [2.75, 3.05) is 18.1 Å². The van der Waals surface area contributed by atoms with E-state index in [1.165, 1.54) is 23.1 Å². The van der Waals surface area contributed by atoms with Crippen LogP contribution in [0.25, 0.3) is 22.5 Å². The third-order valence-corrected chi connectivity index (χ3v) is 5.57. The molecule has 1 saturated heterocycles. The number of carbonyl (C=O) groups is 2. The fourth-order valence-electron chi connectivity index (χ4n) is 3.74. The lowest BCUT2D eigenvalue weighted by atomic mass is 9.95. The van der Waals surface area contributed by atoms with Gasteiger partial charge in [-0.25, -0.2) is 8.78 Å². The highest BCUT2D eigenvalue weighted by Gasteiger charge is 2.44. The van der Waals surface area contributed by atoms with Crippen LogP contribution in [0.3, 0.4) is 0 Å². The number of rotatable bonds is 6. The SMILES string of the molecule is CCN(C(=O)C1COC1C(N)=O)c1ccc(-c2cc(Cl)cc(F)c2-c2noc(C)n2)cc1F. The standard InChI is InChI=1S/C22H19ClF2N4O4/c1-3-29(22(31)14-9-32-19(14)20(26)30)17-5-4-11(6-15(17)24)13-7-12(23)8-16(25)18(13)21-27-10(2)33-28-21/h4-8,14,19H,3,9H2,1-2H3,(H2,26,30). The molecule has 1 aromatic heterocycles. The minimum atomic E-state index is -1.04. The van der Waals surface area contributed by atoms with Gasteiger partial charge in [-0.05, 0) is 42.3 Å². The second kappa shape index (κ2) is 8.87. The molecule has 0 aliphatic carbocycles. The Labute approximate surface area is 192 Å². The molecule has 33 heavy (non-hydrogen) atoms. The Bertz CT molecular complexity index is 1250.